The number of aromatic carboxylic acids is 1. The highest BCUT2D eigenvalue weighted by atomic mass is 35.5. The smallest absolute Gasteiger partial charge is 0.352 e. The van der Waals surface area contributed by atoms with Gasteiger partial charge in [-0.25, -0.2) is 9.78 Å². The Morgan fingerprint density at radius 2 is 1.77 bits per heavy atom. The van der Waals surface area contributed by atoms with Crippen LogP contribution in [0.5, 0.6) is 5.75 Å². The molecule has 0 fully saturated rings. The van der Waals surface area contributed by atoms with E-state index in [1.54, 1.807) is 24.3 Å². The molecule has 0 bridgehead atoms. The van der Waals surface area contributed by atoms with Gasteiger partial charge in [0.15, 0.2) is 11.4 Å². The van der Waals surface area contributed by atoms with E-state index in [1.165, 1.54) is 18.3 Å². The van der Waals surface area contributed by atoms with Crippen molar-refractivity contribution in [2.75, 3.05) is 0 Å². The van der Waals surface area contributed by atoms with E-state index in [-0.39, 0.29) is 22.3 Å². The first-order valence-electron chi connectivity index (χ1n) is 6.23. The van der Waals surface area contributed by atoms with Gasteiger partial charge >= 0.3 is 5.97 Å². The van der Waals surface area contributed by atoms with Crippen LogP contribution < -0.4 is 0 Å². The van der Waals surface area contributed by atoms with Crippen molar-refractivity contribution in [3.05, 3.63) is 59.1 Å². The van der Waals surface area contributed by atoms with E-state index < -0.39 is 11.9 Å². The topological polar surface area (TPSA) is 92.4 Å². The number of carbonyl (C=O) groups is 2. The van der Waals surface area contributed by atoms with Crippen LogP contribution in [0.25, 0.3) is 10.8 Å². The van der Waals surface area contributed by atoms with Crippen molar-refractivity contribution in [2.24, 2.45) is 0 Å². The number of nitrogens with zero attached hydrogens (tertiary/aromatic N) is 2. The summed E-state index contributed by atoms with van der Waals surface area (Å²) in [6, 6.07) is 9.37. The molecule has 2 heterocycles. The van der Waals surface area contributed by atoms with E-state index in [9.17, 15) is 14.7 Å². The Morgan fingerprint density at radius 3 is 2.45 bits per heavy atom. The third kappa shape index (κ3) is 2.10. The maximum atomic E-state index is 12.5. The number of pyridine rings is 1. The van der Waals surface area contributed by atoms with Gasteiger partial charge < -0.3 is 10.2 Å². The molecule has 0 saturated carbocycles. The number of halogens is 1. The van der Waals surface area contributed by atoms with Crippen molar-refractivity contribution >= 4 is 34.2 Å². The number of hydrogen-bond donors (Lipinski definition) is 2. The van der Waals surface area contributed by atoms with Crippen LogP contribution in [-0.2, 0) is 0 Å². The summed E-state index contributed by atoms with van der Waals surface area (Å²) in [5.74, 6) is -2.37. The third-order valence-electron chi connectivity index (χ3n) is 3.23. The number of carboxylic acid groups (broad SMARTS) is 1. The number of aromatic nitrogens is 2. The first-order valence-corrected chi connectivity index (χ1v) is 6.61. The van der Waals surface area contributed by atoms with Crippen LogP contribution in [0.15, 0.2) is 42.6 Å². The molecule has 0 amide bonds. The Labute approximate surface area is 129 Å². The zero-order valence-corrected chi connectivity index (χ0v) is 11.8. The highest BCUT2D eigenvalue weighted by Gasteiger charge is 2.22. The molecule has 0 spiro atoms. The summed E-state index contributed by atoms with van der Waals surface area (Å²) in [7, 11) is 0. The predicted molar refractivity (Wildman–Crippen MR) is 79.5 cm³/mol. The van der Waals surface area contributed by atoms with E-state index in [4.69, 9.17) is 16.7 Å². The van der Waals surface area contributed by atoms with Crippen LogP contribution in [0.2, 0.25) is 5.15 Å². The van der Waals surface area contributed by atoms with Crippen molar-refractivity contribution in [1.29, 1.82) is 0 Å². The molecule has 1 aromatic carbocycles. The molecule has 2 N–H and O–H groups in total. The maximum absolute atomic E-state index is 12.5. The van der Waals surface area contributed by atoms with Gasteiger partial charge in [-0.15, -0.1) is 0 Å². The number of fused-ring (bicyclic) bond motifs is 1. The second-order valence-electron chi connectivity index (χ2n) is 4.52. The molecule has 110 valence electrons. The van der Waals surface area contributed by atoms with Gasteiger partial charge in [-0.3, -0.25) is 9.36 Å². The molecule has 22 heavy (non-hydrogen) atoms. The van der Waals surface area contributed by atoms with E-state index in [1.807, 2.05) is 0 Å². The van der Waals surface area contributed by atoms with Gasteiger partial charge in [0, 0.05) is 17.0 Å². The summed E-state index contributed by atoms with van der Waals surface area (Å²) in [4.78, 5) is 27.5. The van der Waals surface area contributed by atoms with Gasteiger partial charge in [-0.2, -0.15) is 0 Å². The van der Waals surface area contributed by atoms with Crippen LogP contribution in [0.1, 0.15) is 21.0 Å². The molecular weight excluding hydrogens is 308 g/mol. The quantitative estimate of drug-likeness (QED) is 0.709. The zero-order valence-electron chi connectivity index (χ0n) is 11.0. The van der Waals surface area contributed by atoms with Crippen LogP contribution >= 0.6 is 11.6 Å². The van der Waals surface area contributed by atoms with Crippen LogP contribution in [-0.4, -0.2) is 31.6 Å². The highest BCUT2D eigenvalue weighted by Crippen LogP contribution is 2.32. The van der Waals surface area contributed by atoms with Gasteiger partial charge in [0.25, 0.3) is 5.91 Å². The molecule has 2 aromatic heterocycles. The summed E-state index contributed by atoms with van der Waals surface area (Å²) < 4.78 is 0.898. The molecule has 0 aliphatic rings. The summed E-state index contributed by atoms with van der Waals surface area (Å²) >= 11 is 6.04. The van der Waals surface area contributed by atoms with E-state index in [0.29, 0.717) is 10.8 Å². The molecule has 0 atom stereocenters. The molecule has 0 aliphatic heterocycles. The second kappa shape index (κ2) is 5.16. The summed E-state index contributed by atoms with van der Waals surface area (Å²) in [5.41, 5.74) is -0.530. The van der Waals surface area contributed by atoms with Gasteiger partial charge in [0.2, 0.25) is 0 Å². The number of rotatable bonds is 2. The minimum absolute atomic E-state index is 0.0563. The summed E-state index contributed by atoms with van der Waals surface area (Å²) in [6.07, 6.45) is 1.29. The third-order valence-corrected chi connectivity index (χ3v) is 3.52. The van der Waals surface area contributed by atoms with Crippen molar-refractivity contribution in [2.45, 2.75) is 0 Å². The fourth-order valence-corrected chi connectivity index (χ4v) is 2.45. The average Bonchev–Trinajstić information content (AvgIpc) is 3.00. The Bertz CT molecular complexity index is 917. The maximum Gasteiger partial charge on any atom is 0.352 e. The lowest BCUT2D eigenvalue weighted by atomic mass is 10.1. The number of carbonyl (C=O) groups excluding carboxylic acids is 1. The number of aromatic hydroxyl groups is 1. The second-order valence-corrected chi connectivity index (χ2v) is 4.88. The normalized spacial score (nSPS) is 10.8. The van der Waals surface area contributed by atoms with E-state index in [2.05, 4.69) is 4.98 Å². The molecule has 0 saturated heterocycles. The molecule has 7 heteroatoms. The first-order chi connectivity index (χ1) is 10.5. The number of carboxylic acids is 1. The Kier molecular flexibility index (Phi) is 3.30. The molecule has 3 aromatic rings. The predicted octanol–water partition coefficient (Wildman–Crippen LogP) is 2.78. The Balaban J connectivity index is 2.22. The van der Waals surface area contributed by atoms with Crippen molar-refractivity contribution in [1.82, 2.24) is 9.55 Å². The molecule has 3 rings (SSSR count). The number of benzene rings is 1. The van der Waals surface area contributed by atoms with Gasteiger partial charge in [-0.05, 0) is 12.1 Å². The fourth-order valence-electron chi connectivity index (χ4n) is 2.20. The Morgan fingerprint density at radius 1 is 1.09 bits per heavy atom. The van der Waals surface area contributed by atoms with Gasteiger partial charge in [0.05, 0.1) is 0 Å². The molecule has 0 unspecified atom stereocenters. The lowest BCUT2D eigenvalue weighted by Gasteiger charge is -2.09. The minimum atomic E-state index is -1.26. The van der Waals surface area contributed by atoms with Gasteiger partial charge in [0.1, 0.15) is 10.8 Å². The SMILES string of the molecule is O=C(O)c1cccn1C(=O)c1nc(Cl)c2ccccc2c1O. The molecule has 0 radical (unpaired) electrons. The molecule has 0 aliphatic carbocycles. The van der Waals surface area contributed by atoms with Crippen LogP contribution in [0.4, 0.5) is 0 Å². The van der Waals surface area contributed by atoms with Crippen LogP contribution in [0.3, 0.4) is 0 Å². The van der Waals surface area contributed by atoms with Crippen molar-refractivity contribution in [3.8, 4) is 5.75 Å². The van der Waals surface area contributed by atoms with Crippen LogP contribution in [0, 0.1) is 0 Å². The zero-order chi connectivity index (χ0) is 15.9. The summed E-state index contributed by atoms with van der Waals surface area (Å²) in [6.45, 7) is 0. The highest BCUT2D eigenvalue weighted by molar-refractivity contribution is 6.35. The summed E-state index contributed by atoms with van der Waals surface area (Å²) in [5, 5.41) is 20.3. The van der Waals surface area contributed by atoms with E-state index in [0.717, 1.165) is 4.57 Å². The first kappa shape index (κ1) is 14.1. The molecular formula is C15H9ClN2O4. The fraction of sp³-hybridized carbons (Fsp3) is 0. The lowest BCUT2D eigenvalue weighted by molar-refractivity contribution is 0.0676. The van der Waals surface area contributed by atoms with E-state index >= 15 is 0 Å². The average molecular weight is 317 g/mol. The monoisotopic (exact) mass is 316 g/mol. The number of hydrogen-bond acceptors (Lipinski definition) is 4. The van der Waals surface area contributed by atoms with Crippen molar-refractivity contribution in [3.63, 3.8) is 0 Å². The standard InChI is InChI=1S/C15H9ClN2O4/c16-13-9-5-2-1-4-8(9)12(19)11(17-13)14(20)18-7-3-6-10(18)15(21)22/h1-7,19H,(H,21,22). The minimum Gasteiger partial charge on any atom is -0.505 e. The lowest BCUT2D eigenvalue weighted by Crippen LogP contribution is -2.18. The molecule has 6 nitrogen and oxygen atoms in total. The largest absolute Gasteiger partial charge is 0.505 e. The van der Waals surface area contributed by atoms with Crippen molar-refractivity contribution < 1.29 is 19.8 Å². The Hall–Kier alpha value is -2.86. The van der Waals surface area contributed by atoms with Gasteiger partial charge in [-0.1, -0.05) is 35.9 Å².